The van der Waals surface area contributed by atoms with Crippen LogP contribution in [-0.4, -0.2) is 27.4 Å². The van der Waals surface area contributed by atoms with Crippen molar-refractivity contribution >= 4 is 6.09 Å². The Labute approximate surface area is 138 Å². The highest BCUT2D eigenvalue weighted by Crippen LogP contribution is 2.51. The van der Waals surface area contributed by atoms with Crippen molar-refractivity contribution < 1.29 is 14.1 Å². The molecule has 1 saturated carbocycles. The summed E-state index contributed by atoms with van der Waals surface area (Å²) in [5.41, 5.74) is -0.915. The number of amides is 1. The molecule has 23 heavy (non-hydrogen) atoms. The maximum atomic E-state index is 12.2. The average Bonchev–Trinajstić information content (AvgIpc) is 2.84. The lowest BCUT2D eigenvalue weighted by atomic mass is 9.70. The second-order valence-electron chi connectivity index (χ2n) is 8.35. The van der Waals surface area contributed by atoms with Crippen LogP contribution in [0.15, 0.2) is 4.52 Å². The Morgan fingerprint density at radius 1 is 1.39 bits per heavy atom. The second-order valence-corrected chi connectivity index (χ2v) is 8.35. The van der Waals surface area contributed by atoms with E-state index in [0.29, 0.717) is 11.8 Å². The highest BCUT2D eigenvalue weighted by molar-refractivity contribution is 5.69. The quantitative estimate of drug-likeness (QED) is 0.919. The van der Waals surface area contributed by atoms with Crippen LogP contribution in [0.3, 0.4) is 0 Å². The maximum Gasteiger partial charge on any atom is 0.408 e. The van der Waals surface area contributed by atoms with Gasteiger partial charge in [0.15, 0.2) is 5.82 Å². The molecular formula is C17H29N3O3. The van der Waals surface area contributed by atoms with Crippen molar-refractivity contribution in [3.05, 3.63) is 11.7 Å². The highest BCUT2D eigenvalue weighted by atomic mass is 16.6. The standard InChI is InChI=1S/C17H29N3O3/c1-11-18-13(20-23-11)10-12-8-9-17(7,16(12,5)6)19-14(21)22-15(2,3)4/h12H,8-10H2,1-7H3,(H,19,21)/t12-,17-/m1/s1. The number of nitrogens with zero attached hydrogens (tertiary/aromatic N) is 2. The third-order valence-corrected chi connectivity index (χ3v) is 5.21. The average molecular weight is 323 g/mol. The molecule has 1 N–H and O–H groups in total. The van der Waals surface area contributed by atoms with Gasteiger partial charge < -0.3 is 14.6 Å². The van der Waals surface area contributed by atoms with Gasteiger partial charge in [-0.25, -0.2) is 4.79 Å². The van der Waals surface area contributed by atoms with E-state index in [0.717, 1.165) is 25.1 Å². The molecule has 1 aromatic rings. The summed E-state index contributed by atoms with van der Waals surface area (Å²) in [5.74, 6) is 1.70. The van der Waals surface area contributed by atoms with E-state index in [2.05, 4.69) is 36.2 Å². The van der Waals surface area contributed by atoms with Crippen molar-refractivity contribution in [3.63, 3.8) is 0 Å². The van der Waals surface area contributed by atoms with E-state index in [1.165, 1.54) is 0 Å². The molecule has 1 aromatic heterocycles. The number of hydrogen-bond acceptors (Lipinski definition) is 5. The first-order chi connectivity index (χ1) is 10.4. The van der Waals surface area contributed by atoms with Crippen LogP contribution in [0.4, 0.5) is 4.79 Å². The Bertz CT molecular complexity index is 574. The summed E-state index contributed by atoms with van der Waals surface area (Å²) in [6.07, 6.45) is 2.31. The molecule has 0 radical (unpaired) electrons. The molecule has 130 valence electrons. The summed E-state index contributed by atoms with van der Waals surface area (Å²) in [6.45, 7) is 13.9. The van der Waals surface area contributed by atoms with Crippen molar-refractivity contribution in [2.75, 3.05) is 0 Å². The van der Waals surface area contributed by atoms with Crippen LogP contribution >= 0.6 is 0 Å². The van der Waals surface area contributed by atoms with Crippen molar-refractivity contribution in [3.8, 4) is 0 Å². The zero-order valence-corrected chi connectivity index (χ0v) is 15.3. The predicted octanol–water partition coefficient (Wildman–Crippen LogP) is 3.64. The van der Waals surface area contributed by atoms with Gasteiger partial charge in [-0.05, 0) is 51.9 Å². The van der Waals surface area contributed by atoms with Crippen LogP contribution in [0.5, 0.6) is 0 Å². The molecular weight excluding hydrogens is 294 g/mol. The van der Waals surface area contributed by atoms with Gasteiger partial charge in [0.2, 0.25) is 5.89 Å². The van der Waals surface area contributed by atoms with E-state index < -0.39 is 5.60 Å². The molecule has 0 aromatic carbocycles. The van der Waals surface area contributed by atoms with E-state index in [1.54, 1.807) is 6.92 Å². The van der Waals surface area contributed by atoms with E-state index in [1.807, 2.05) is 20.8 Å². The Morgan fingerprint density at radius 2 is 2.04 bits per heavy atom. The van der Waals surface area contributed by atoms with Gasteiger partial charge in [0.05, 0.1) is 0 Å². The summed E-state index contributed by atoms with van der Waals surface area (Å²) in [5, 5.41) is 7.10. The number of aryl methyl sites for hydroxylation is 1. The molecule has 6 heteroatoms. The zero-order valence-electron chi connectivity index (χ0n) is 15.3. The van der Waals surface area contributed by atoms with E-state index >= 15 is 0 Å². The summed E-state index contributed by atoms with van der Waals surface area (Å²) in [6, 6.07) is 0. The van der Waals surface area contributed by atoms with Crippen molar-refractivity contribution in [1.29, 1.82) is 0 Å². The minimum Gasteiger partial charge on any atom is -0.444 e. The number of alkyl carbamates (subject to hydrolysis) is 1. The normalized spacial score (nSPS) is 27.0. The van der Waals surface area contributed by atoms with Crippen LogP contribution in [0.25, 0.3) is 0 Å². The summed E-state index contributed by atoms with van der Waals surface area (Å²) < 4.78 is 10.5. The van der Waals surface area contributed by atoms with E-state index in [9.17, 15) is 4.79 Å². The summed E-state index contributed by atoms with van der Waals surface area (Å²) in [7, 11) is 0. The minimum absolute atomic E-state index is 0.0988. The van der Waals surface area contributed by atoms with Gasteiger partial charge >= 0.3 is 6.09 Å². The number of carbonyl (C=O) groups is 1. The van der Waals surface area contributed by atoms with Gasteiger partial charge in [-0.15, -0.1) is 0 Å². The molecule has 0 saturated heterocycles. The third kappa shape index (κ3) is 3.85. The Hall–Kier alpha value is -1.59. The summed E-state index contributed by atoms with van der Waals surface area (Å²) >= 11 is 0. The van der Waals surface area contributed by atoms with Gasteiger partial charge in [-0.2, -0.15) is 4.98 Å². The number of aromatic nitrogens is 2. The van der Waals surface area contributed by atoms with Crippen molar-refractivity contribution in [1.82, 2.24) is 15.5 Å². The van der Waals surface area contributed by atoms with Crippen molar-refractivity contribution in [2.24, 2.45) is 11.3 Å². The van der Waals surface area contributed by atoms with Gasteiger partial charge in [-0.1, -0.05) is 19.0 Å². The highest BCUT2D eigenvalue weighted by Gasteiger charge is 2.52. The molecule has 1 fully saturated rings. The first kappa shape index (κ1) is 17.8. The number of carbonyl (C=O) groups excluding carboxylic acids is 1. The fraction of sp³-hybridized carbons (Fsp3) is 0.824. The third-order valence-electron chi connectivity index (χ3n) is 5.21. The molecule has 1 aliphatic carbocycles. The molecule has 0 spiro atoms. The summed E-state index contributed by atoms with van der Waals surface area (Å²) in [4.78, 5) is 16.5. The van der Waals surface area contributed by atoms with E-state index in [-0.39, 0.29) is 17.0 Å². The van der Waals surface area contributed by atoms with Gasteiger partial charge in [0.25, 0.3) is 0 Å². The lowest BCUT2D eigenvalue weighted by Crippen LogP contribution is -2.55. The van der Waals surface area contributed by atoms with Crippen LogP contribution in [-0.2, 0) is 11.2 Å². The van der Waals surface area contributed by atoms with Crippen molar-refractivity contribution in [2.45, 2.75) is 78.9 Å². The van der Waals surface area contributed by atoms with E-state index in [4.69, 9.17) is 9.26 Å². The fourth-order valence-corrected chi connectivity index (χ4v) is 3.35. The molecule has 0 bridgehead atoms. The van der Waals surface area contributed by atoms with Gasteiger partial charge in [0.1, 0.15) is 5.60 Å². The predicted molar refractivity (Wildman–Crippen MR) is 87.0 cm³/mol. The van der Waals surface area contributed by atoms with Crippen LogP contribution in [0.2, 0.25) is 0 Å². The lowest BCUT2D eigenvalue weighted by molar-refractivity contribution is 0.0349. The largest absolute Gasteiger partial charge is 0.444 e. The smallest absolute Gasteiger partial charge is 0.408 e. The van der Waals surface area contributed by atoms with Gasteiger partial charge in [-0.3, -0.25) is 0 Å². The topological polar surface area (TPSA) is 77.2 Å². The molecule has 0 aliphatic heterocycles. The molecule has 1 aliphatic rings. The molecule has 1 amide bonds. The SMILES string of the molecule is Cc1nc(C[C@H]2CC[C@@](C)(NC(=O)OC(C)(C)C)C2(C)C)no1. The van der Waals surface area contributed by atoms with Crippen LogP contribution in [0, 0.1) is 18.3 Å². The number of rotatable bonds is 3. The number of ether oxygens (including phenoxy) is 1. The zero-order chi connectivity index (χ0) is 17.5. The Balaban J connectivity index is 2.07. The number of hydrogen-bond donors (Lipinski definition) is 1. The molecule has 6 nitrogen and oxygen atoms in total. The molecule has 2 atom stereocenters. The first-order valence-corrected chi connectivity index (χ1v) is 8.23. The minimum atomic E-state index is -0.495. The maximum absolute atomic E-state index is 12.2. The fourth-order valence-electron chi connectivity index (χ4n) is 3.35. The van der Waals surface area contributed by atoms with Crippen LogP contribution < -0.4 is 5.32 Å². The number of nitrogens with one attached hydrogen (secondary N) is 1. The monoisotopic (exact) mass is 323 g/mol. The lowest BCUT2D eigenvalue weighted by Gasteiger charge is -2.42. The Kier molecular flexibility index (Phi) is 4.48. The van der Waals surface area contributed by atoms with Gasteiger partial charge in [0, 0.05) is 18.9 Å². The second kappa shape index (κ2) is 5.80. The first-order valence-electron chi connectivity index (χ1n) is 8.23. The molecule has 0 unspecified atom stereocenters. The van der Waals surface area contributed by atoms with Crippen LogP contribution in [0.1, 0.15) is 66.1 Å². The molecule has 2 rings (SSSR count). The Morgan fingerprint density at radius 3 is 2.57 bits per heavy atom. The molecule has 1 heterocycles.